The Hall–Kier alpha value is -0.450. The van der Waals surface area contributed by atoms with Gasteiger partial charge in [0, 0.05) is 0 Å². The predicted molar refractivity (Wildman–Crippen MR) is 124 cm³/mol. The third kappa shape index (κ3) is 16.0. The molecule has 0 aromatic rings. The zero-order chi connectivity index (χ0) is 22.2. The highest BCUT2D eigenvalue weighted by atomic mass is 31.2. The van der Waals surface area contributed by atoms with Crippen LogP contribution in [0.2, 0.25) is 0 Å². The molecule has 0 aliphatic heterocycles. The van der Waals surface area contributed by atoms with E-state index in [1.165, 1.54) is 57.8 Å². The van der Waals surface area contributed by atoms with Crippen molar-refractivity contribution in [2.45, 2.75) is 95.7 Å². The van der Waals surface area contributed by atoms with Crippen molar-refractivity contribution in [1.82, 2.24) is 0 Å². The second kappa shape index (κ2) is 15.4. The topological polar surface area (TPSA) is 77.8 Å². The fraction of sp³-hybridized carbons (Fsp3) is 0.826. The van der Waals surface area contributed by atoms with Crippen LogP contribution in [0.15, 0.2) is 24.3 Å². The minimum Gasteiger partial charge on any atom is -0.373 e. The van der Waals surface area contributed by atoms with Crippen molar-refractivity contribution in [2.24, 2.45) is 0 Å². The van der Waals surface area contributed by atoms with Gasteiger partial charge >= 0.3 is 7.60 Å². The molecule has 0 radical (unpaired) electrons. The number of hydrogen-bond donors (Lipinski definition) is 3. The molecule has 5 nitrogen and oxygen atoms in total. The zero-order valence-electron chi connectivity index (χ0n) is 19.4. The highest BCUT2D eigenvalue weighted by Gasteiger charge is 2.48. The van der Waals surface area contributed by atoms with Crippen molar-refractivity contribution in [3.63, 3.8) is 0 Å². The van der Waals surface area contributed by atoms with Crippen LogP contribution in [-0.2, 0) is 4.57 Å². The summed E-state index contributed by atoms with van der Waals surface area (Å²) in [7, 11) is 0.887. The average molecular weight is 433 g/mol. The number of hydrogen-bond acceptors (Lipinski definition) is 2. The van der Waals surface area contributed by atoms with Gasteiger partial charge in [-0.3, -0.25) is 4.57 Å². The molecule has 0 spiro atoms. The molecular formula is C23H47NO4P+. The summed E-state index contributed by atoms with van der Waals surface area (Å²) in [6, 6.07) is 0. The molecule has 3 N–H and O–H groups in total. The number of rotatable bonds is 18. The van der Waals surface area contributed by atoms with Crippen molar-refractivity contribution in [1.29, 1.82) is 0 Å². The van der Waals surface area contributed by atoms with Gasteiger partial charge in [0.2, 0.25) is 5.34 Å². The number of quaternary nitrogens is 1. The molecule has 0 aliphatic carbocycles. The Morgan fingerprint density at radius 1 is 0.759 bits per heavy atom. The maximum atomic E-state index is 11.7. The Balaban J connectivity index is 3.82. The maximum Gasteiger partial charge on any atom is 0.362 e. The molecule has 0 aromatic heterocycles. The Morgan fingerprint density at radius 2 is 1.17 bits per heavy atom. The van der Waals surface area contributed by atoms with Crippen LogP contribution in [0.5, 0.6) is 0 Å². The monoisotopic (exact) mass is 432 g/mol. The van der Waals surface area contributed by atoms with Gasteiger partial charge in [-0.25, -0.2) is 0 Å². The van der Waals surface area contributed by atoms with E-state index in [9.17, 15) is 19.5 Å². The Bertz CT molecular complexity index is 507. The number of allylic oxidation sites excluding steroid dienone is 4. The molecule has 29 heavy (non-hydrogen) atoms. The Labute approximate surface area is 179 Å². The van der Waals surface area contributed by atoms with Crippen LogP contribution in [0.4, 0.5) is 0 Å². The van der Waals surface area contributed by atoms with Crippen LogP contribution in [0.1, 0.15) is 90.4 Å². The van der Waals surface area contributed by atoms with Crippen LogP contribution >= 0.6 is 7.60 Å². The van der Waals surface area contributed by atoms with Crippen molar-refractivity contribution in [2.75, 3.05) is 27.7 Å². The van der Waals surface area contributed by atoms with Gasteiger partial charge in [0.15, 0.2) is 0 Å². The lowest BCUT2D eigenvalue weighted by Crippen LogP contribution is -2.49. The van der Waals surface area contributed by atoms with Crippen LogP contribution < -0.4 is 0 Å². The standard InChI is InChI=1S/C23H46NO4P/c1-5-6-7-8-9-10-11-12-13-14-15-16-17-18-19-20-21-23(25,29(26,27)28)22-24(2,3)4/h9-10,18-19,25H,5-8,11-17,20-22H2,1-4H3,(H-,26,27,28)/p+1/b10-9-,19-18-. The Morgan fingerprint density at radius 3 is 1.59 bits per heavy atom. The summed E-state index contributed by atoms with van der Waals surface area (Å²) >= 11 is 0. The van der Waals surface area contributed by atoms with Gasteiger partial charge in [0.05, 0.1) is 21.1 Å². The van der Waals surface area contributed by atoms with E-state index in [-0.39, 0.29) is 13.0 Å². The SMILES string of the molecule is CCCCC/C=C\CCCCCCC/C=C\CCC(O)(C[N+](C)(C)C)P(=O)(O)O. The fourth-order valence-electron chi connectivity index (χ4n) is 3.43. The minimum atomic E-state index is -4.57. The van der Waals surface area contributed by atoms with Crippen molar-refractivity contribution < 1.29 is 23.9 Å². The molecule has 0 aromatic carbocycles. The first-order valence-electron chi connectivity index (χ1n) is 11.4. The molecular weight excluding hydrogens is 385 g/mol. The molecule has 172 valence electrons. The summed E-state index contributed by atoms with van der Waals surface area (Å²) in [5.74, 6) is 0. The van der Waals surface area contributed by atoms with Crippen LogP contribution in [0.3, 0.4) is 0 Å². The largest absolute Gasteiger partial charge is 0.373 e. The summed E-state index contributed by atoms with van der Waals surface area (Å²) < 4.78 is 12.0. The lowest BCUT2D eigenvalue weighted by atomic mass is 10.1. The maximum absolute atomic E-state index is 11.7. The molecule has 0 bridgehead atoms. The predicted octanol–water partition coefficient (Wildman–Crippen LogP) is 5.76. The molecule has 1 atom stereocenters. The second-order valence-corrected chi connectivity index (χ2v) is 11.2. The third-order valence-electron chi connectivity index (χ3n) is 5.03. The van der Waals surface area contributed by atoms with Crippen molar-refractivity contribution in [3.05, 3.63) is 24.3 Å². The number of aliphatic hydroxyl groups is 1. The van der Waals surface area contributed by atoms with Gasteiger partial charge in [-0.15, -0.1) is 0 Å². The minimum absolute atomic E-state index is 0.0268. The molecule has 0 rings (SSSR count). The fourth-order valence-corrected chi connectivity index (χ4v) is 4.46. The van der Waals surface area contributed by atoms with Gasteiger partial charge in [0.25, 0.3) is 0 Å². The molecule has 0 fully saturated rings. The first kappa shape index (κ1) is 28.5. The smallest absolute Gasteiger partial charge is 0.362 e. The Kier molecular flexibility index (Phi) is 15.1. The van der Waals surface area contributed by atoms with Gasteiger partial charge in [0.1, 0.15) is 6.54 Å². The normalized spacial score (nSPS) is 15.4. The van der Waals surface area contributed by atoms with Gasteiger partial charge < -0.3 is 19.4 Å². The van der Waals surface area contributed by atoms with Crippen molar-refractivity contribution >= 4 is 7.60 Å². The van der Waals surface area contributed by atoms with E-state index in [2.05, 4.69) is 25.2 Å². The van der Waals surface area contributed by atoms with E-state index in [1.54, 1.807) is 0 Å². The van der Waals surface area contributed by atoms with E-state index in [4.69, 9.17) is 0 Å². The quantitative estimate of drug-likeness (QED) is 0.111. The molecule has 1 unspecified atom stereocenters. The van der Waals surface area contributed by atoms with E-state index in [1.807, 2.05) is 27.2 Å². The molecule has 0 aliphatic rings. The molecule has 6 heteroatoms. The van der Waals surface area contributed by atoms with Crippen LogP contribution in [0.25, 0.3) is 0 Å². The van der Waals surface area contributed by atoms with E-state index in [0.717, 1.165) is 12.8 Å². The molecule has 0 amide bonds. The van der Waals surface area contributed by atoms with Gasteiger partial charge in [-0.2, -0.15) is 0 Å². The van der Waals surface area contributed by atoms with E-state index in [0.29, 0.717) is 10.9 Å². The van der Waals surface area contributed by atoms with Crippen LogP contribution in [-0.4, -0.2) is 52.4 Å². The average Bonchev–Trinajstić information content (AvgIpc) is 2.59. The van der Waals surface area contributed by atoms with Crippen molar-refractivity contribution in [3.8, 4) is 0 Å². The number of likely N-dealkylation sites (N-methyl/N-ethyl adjacent to an activating group) is 1. The summed E-state index contributed by atoms with van der Waals surface area (Å²) in [5, 5.41) is 8.52. The summed E-state index contributed by atoms with van der Waals surface area (Å²) in [4.78, 5) is 19.1. The van der Waals surface area contributed by atoms with Gasteiger partial charge in [-0.1, -0.05) is 63.3 Å². The van der Waals surface area contributed by atoms with Gasteiger partial charge in [-0.05, 0) is 51.4 Å². The number of nitrogens with zero attached hydrogens (tertiary/aromatic N) is 1. The number of unbranched alkanes of at least 4 members (excludes halogenated alkanes) is 9. The summed E-state index contributed by atoms with van der Waals surface area (Å²) in [6.45, 7) is 2.26. The highest BCUT2D eigenvalue weighted by Crippen LogP contribution is 2.52. The first-order chi connectivity index (χ1) is 13.5. The second-order valence-electron chi connectivity index (χ2n) is 9.30. The molecule has 0 saturated heterocycles. The van der Waals surface area contributed by atoms with Crippen LogP contribution in [0, 0.1) is 0 Å². The lowest BCUT2D eigenvalue weighted by molar-refractivity contribution is -0.875. The zero-order valence-corrected chi connectivity index (χ0v) is 20.2. The molecule has 0 heterocycles. The first-order valence-corrected chi connectivity index (χ1v) is 13.0. The van der Waals surface area contributed by atoms with E-state index < -0.39 is 12.9 Å². The summed E-state index contributed by atoms with van der Waals surface area (Å²) in [6.07, 6.45) is 22.8. The summed E-state index contributed by atoms with van der Waals surface area (Å²) in [5.41, 5.74) is 0. The molecule has 0 saturated carbocycles. The van der Waals surface area contributed by atoms with E-state index >= 15 is 0 Å². The lowest BCUT2D eigenvalue weighted by Gasteiger charge is -2.35. The highest BCUT2D eigenvalue weighted by molar-refractivity contribution is 7.53. The third-order valence-corrected chi connectivity index (χ3v) is 6.48.